The lowest BCUT2D eigenvalue weighted by Crippen LogP contribution is -2.48. The fraction of sp³-hybridized carbons (Fsp3) is 0.200. The summed E-state index contributed by atoms with van der Waals surface area (Å²) in [5, 5.41) is 1.24. The van der Waals surface area contributed by atoms with Gasteiger partial charge in [0, 0.05) is 45.0 Å². The Morgan fingerprint density at radius 1 is 0.711 bits per heavy atom. The molecule has 0 unspecified atom stereocenters. The van der Waals surface area contributed by atoms with E-state index in [2.05, 4.69) is 44.0 Å². The number of fused-ring (bicyclic) bond motifs is 1. The van der Waals surface area contributed by atoms with Gasteiger partial charge < -0.3 is 9.88 Å². The molecule has 1 aliphatic rings. The van der Waals surface area contributed by atoms with Crippen LogP contribution in [0.25, 0.3) is 33.4 Å². The molecule has 3 aromatic carbocycles. The number of aromatic amines is 2. The average Bonchev–Trinajstić information content (AvgIpc) is 3.38. The summed E-state index contributed by atoms with van der Waals surface area (Å²) in [5.41, 5.74) is 4.83. The molecule has 192 valence electrons. The Labute approximate surface area is 224 Å². The maximum atomic E-state index is 13.3. The van der Waals surface area contributed by atoms with Gasteiger partial charge in [-0.15, -0.1) is 0 Å². The zero-order valence-electron chi connectivity index (χ0n) is 20.9. The lowest BCUT2D eigenvalue weighted by atomic mass is 10.0. The molecule has 3 heterocycles. The summed E-state index contributed by atoms with van der Waals surface area (Å²) in [6.45, 7) is 4.34. The third-order valence-electron chi connectivity index (χ3n) is 7.28. The molecule has 1 saturated heterocycles. The number of piperazine rings is 1. The molecule has 38 heavy (non-hydrogen) atoms. The summed E-state index contributed by atoms with van der Waals surface area (Å²) in [5.74, 6) is 0. The second-order valence-electron chi connectivity index (χ2n) is 9.58. The molecule has 0 atom stereocenters. The van der Waals surface area contributed by atoms with Crippen molar-refractivity contribution in [2.45, 2.75) is 6.54 Å². The summed E-state index contributed by atoms with van der Waals surface area (Å²) >= 11 is 6.36. The van der Waals surface area contributed by atoms with Gasteiger partial charge in [0.2, 0.25) is 0 Å². The lowest BCUT2D eigenvalue weighted by Gasteiger charge is -2.36. The van der Waals surface area contributed by atoms with Crippen LogP contribution < -0.4 is 16.1 Å². The minimum Gasteiger partial charge on any atom is -0.368 e. The Morgan fingerprint density at radius 2 is 1.37 bits per heavy atom. The monoisotopic (exact) mass is 525 g/mol. The van der Waals surface area contributed by atoms with Gasteiger partial charge in [0.15, 0.2) is 0 Å². The van der Waals surface area contributed by atoms with Crippen LogP contribution in [0.15, 0.2) is 94.5 Å². The van der Waals surface area contributed by atoms with Gasteiger partial charge in [-0.25, -0.2) is 4.79 Å². The summed E-state index contributed by atoms with van der Waals surface area (Å²) in [7, 11) is 0. The zero-order chi connectivity index (χ0) is 26.1. The van der Waals surface area contributed by atoms with Gasteiger partial charge in [-0.3, -0.25) is 19.2 Å². The van der Waals surface area contributed by atoms with Crippen molar-refractivity contribution in [1.82, 2.24) is 19.4 Å². The average molecular weight is 526 g/mol. The van der Waals surface area contributed by atoms with Crippen LogP contribution >= 0.6 is 11.6 Å². The maximum absolute atomic E-state index is 13.3. The SMILES string of the molecule is O=c1[nH]c2[nH]c(-c3ccc(-c4ccccc4)cc3)cc2c(=O)n1CCN1CCN(c2ccccc2Cl)CC1. The number of H-pyrrole nitrogens is 2. The fourth-order valence-electron chi connectivity index (χ4n) is 5.13. The Balaban J connectivity index is 1.16. The molecular weight excluding hydrogens is 498 g/mol. The fourth-order valence-corrected chi connectivity index (χ4v) is 5.38. The molecule has 0 aliphatic carbocycles. The summed E-state index contributed by atoms with van der Waals surface area (Å²) < 4.78 is 1.30. The van der Waals surface area contributed by atoms with E-state index in [1.54, 1.807) is 0 Å². The highest BCUT2D eigenvalue weighted by atomic mass is 35.5. The molecule has 8 heteroatoms. The van der Waals surface area contributed by atoms with Crippen molar-refractivity contribution >= 4 is 28.3 Å². The van der Waals surface area contributed by atoms with Crippen LogP contribution in [-0.4, -0.2) is 52.2 Å². The first kappa shape index (κ1) is 24.3. The van der Waals surface area contributed by atoms with Crippen LogP contribution in [0.1, 0.15) is 0 Å². The van der Waals surface area contributed by atoms with Crippen molar-refractivity contribution in [2.24, 2.45) is 0 Å². The van der Waals surface area contributed by atoms with E-state index in [-0.39, 0.29) is 5.56 Å². The topological polar surface area (TPSA) is 77.1 Å². The Morgan fingerprint density at radius 3 is 2.11 bits per heavy atom. The van der Waals surface area contributed by atoms with Crippen LogP contribution in [0.4, 0.5) is 5.69 Å². The molecule has 0 amide bonds. The Kier molecular flexibility index (Phi) is 6.62. The second kappa shape index (κ2) is 10.4. The van der Waals surface area contributed by atoms with Crippen molar-refractivity contribution in [3.8, 4) is 22.4 Å². The van der Waals surface area contributed by atoms with E-state index < -0.39 is 5.69 Å². The number of anilines is 1. The minimum absolute atomic E-state index is 0.276. The van der Waals surface area contributed by atoms with Crippen molar-refractivity contribution in [2.75, 3.05) is 37.6 Å². The van der Waals surface area contributed by atoms with Crippen LogP contribution in [0.3, 0.4) is 0 Å². The Hall–Kier alpha value is -4.07. The van der Waals surface area contributed by atoms with E-state index in [1.165, 1.54) is 4.57 Å². The van der Waals surface area contributed by atoms with Gasteiger partial charge in [-0.1, -0.05) is 78.3 Å². The van der Waals surface area contributed by atoms with Gasteiger partial charge in [0.25, 0.3) is 5.56 Å². The van der Waals surface area contributed by atoms with Gasteiger partial charge >= 0.3 is 5.69 Å². The van der Waals surface area contributed by atoms with Crippen LogP contribution in [0.5, 0.6) is 0 Å². The largest absolute Gasteiger partial charge is 0.368 e. The summed E-state index contributed by atoms with van der Waals surface area (Å²) in [6, 6.07) is 28.0. The van der Waals surface area contributed by atoms with Crippen molar-refractivity contribution in [3.63, 3.8) is 0 Å². The highest BCUT2D eigenvalue weighted by Gasteiger charge is 2.19. The summed E-state index contributed by atoms with van der Waals surface area (Å²) in [4.78, 5) is 36.7. The van der Waals surface area contributed by atoms with Gasteiger partial charge in [-0.05, 0) is 34.9 Å². The predicted molar refractivity (Wildman–Crippen MR) is 154 cm³/mol. The molecule has 1 aliphatic heterocycles. The molecular formula is C30H28ClN5O2. The van der Waals surface area contributed by atoms with E-state index in [1.807, 2.05) is 60.7 Å². The summed E-state index contributed by atoms with van der Waals surface area (Å²) in [6.07, 6.45) is 0. The smallest absolute Gasteiger partial charge is 0.329 e. The highest BCUT2D eigenvalue weighted by Crippen LogP contribution is 2.27. The lowest BCUT2D eigenvalue weighted by molar-refractivity contribution is 0.246. The zero-order valence-corrected chi connectivity index (χ0v) is 21.6. The molecule has 0 bridgehead atoms. The first-order valence-electron chi connectivity index (χ1n) is 12.8. The predicted octanol–water partition coefficient (Wildman–Crippen LogP) is 4.83. The van der Waals surface area contributed by atoms with E-state index in [9.17, 15) is 9.59 Å². The Bertz CT molecular complexity index is 1680. The number of nitrogens with one attached hydrogen (secondary N) is 2. The second-order valence-corrected chi connectivity index (χ2v) is 9.99. The first-order chi connectivity index (χ1) is 18.6. The number of benzene rings is 3. The number of rotatable bonds is 6. The van der Waals surface area contributed by atoms with E-state index in [0.29, 0.717) is 24.1 Å². The normalized spacial score (nSPS) is 14.3. The number of hydrogen-bond donors (Lipinski definition) is 2. The molecule has 6 rings (SSSR count). The van der Waals surface area contributed by atoms with Crippen molar-refractivity contribution in [3.05, 3.63) is 111 Å². The van der Waals surface area contributed by atoms with Gasteiger partial charge in [0.05, 0.1) is 16.1 Å². The standard InChI is InChI=1S/C30H28ClN5O2/c31-25-8-4-5-9-27(25)35-17-14-34(15-18-35)16-19-36-29(37)24-20-26(32-28(24)33-30(36)38)23-12-10-22(11-13-23)21-6-2-1-3-7-21/h1-13,20,32H,14-19H2,(H,33,38). The molecule has 0 radical (unpaired) electrons. The van der Waals surface area contributed by atoms with E-state index in [0.717, 1.165) is 59.3 Å². The van der Waals surface area contributed by atoms with Gasteiger partial charge in [-0.2, -0.15) is 0 Å². The quantitative estimate of drug-likeness (QED) is 0.333. The van der Waals surface area contributed by atoms with Crippen molar-refractivity contribution < 1.29 is 0 Å². The number of nitrogens with zero attached hydrogens (tertiary/aromatic N) is 3. The first-order valence-corrected chi connectivity index (χ1v) is 13.2. The molecule has 2 N–H and O–H groups in total. The van der Waals surface area contributed by atoms with Crippen LogP contribution in [0, 0.1) is 0 Å². The van der Waals surface area contributed by atoms with Crippen LogP contribution in [-0.2, 0) is 6.54 Å². The minimum atomic E-state index is -0.398. The molecule has 0 spiro atoms. The number of halogens is 1. The molecule has 0 saturated carbocycles. The van der Waals surface area contributed by atoms with Crippen LogP contribution in [0.2, 0.25) is 5.02 Å². The van der Waals surface area contributed by atoms with E-state index >= 15 is 0 Å². The highest BCUT2D eigenvalue weighted by molar-refractivity contribution is 6.33. The third-order valence-corrected chi connectivity index (χ3v) is 7.60. The van der Waals surface area contributed by atoms with Gasteiger partial charge in [0.1, 0.15) is 5.65 Å². The molecule has 2 aromatic heterocycles. The molecule has 7 nitrogen and oxygen atoms in total. The maximum Gasteiger partial charge on any atom is 0.329 e. The number of para-hydroxylation sites is 1. The molecule has 5 aromatic rings. The third kappa shape index (κ3) is 4.78. The number of hydrogen-bond acceptors (Lipinski definition) is 4. The number of aromatic nitrogens is 3. The van der Waals surface area contributed by atoms with E-state index in [4.69, 9.17) is 11.6 Å². The molecule has 1 fully saturated rings. The van der Waals surface area contributed by atoms with Crippen molar-refractivity contribution in [1.29, 1.82) is 0 Å².